The fourth-order valence-corrected chi connectivity index (χ4v) is 0.623. The molecule has 0 radical (unpaired) electrons. The lowest BCUT2D eigenvalue weighted by atomic mass is 10.3. The molecule has 0 aliphatic rings. The maximum atomic E-state index is 10.4. The monoisotopic (exact) mass is 156 g/mol. The van der Waals surface area contributed by atoms with Crippen LogP contribution in [-0.2, 0) is 9.53 Å². The highest BCUT2D eigenvalue weighted by molar-refractivity contribution is 5.76. The summed E-state index contributed by atoms with van der Waals surface area (Å²) in [5.41, 5.74) is 0. The van der Waals surface area contributed by atoms with Crippen LogP contribution in [0.1, 0.15) is 26.7 Å². The van der Waals surface area contributed by atoms with Gasteiger partial charge in [0.05, 0.1) is 6.61 Å². The van der Waals surface area contributed by atoms with Crippen molar-refractivity contribution in [3.63, 3.8) is 0 Å². The van der Waals surface area contributed by atoms with Gasteiger partial charge in [0.15, 0.2) is 5.78 Å². The molecule has 64 valence electrons. The fraction of sp³-hybridized carbons (Fsp3) is 0.667. The SMILES string of the molecule is CCCC=CCOCC(C)=O. The van der Waals surface area contributed by atoms with E-state index >= 15 is 0 Å². The third-order valence-electron chi connectivity index (χ3n) is 1.14. The van der Waals surface area contributed by atoms with E-state index in [1.807, 2.05) is 6.08 Å². The molecular weight excluding hydrogens is 140 g/mol. The largest absolute Gasteiger partial charge is 0.370 e. The number of hydrogen-bond donors (Lipinski definition) is 0. The van der Waals surface area contributed by atoms with E-state index in [0.29, 0.717) is 6.61 Å². The van der Waals surface area contributed by atoms with Gasteiger partial charge in [0.25, 0.3) is 0 Å². The standard InChI is InChI=1S/C9H16O2/c1-3-4-5-6-7-11-8-9(2)10/h5-6H,3-4,7-8H2,1-2H3. The highest BCUT2D eigenvalue weighted by Gasteiger charge is 1.88. The molecule has 0 saturated heterocycles. The number of carbonyl (C=O) groups is 1. The van der Waals surface area contributed by atoms with E-state index in [0.717, 1.165) is 12.8 Å². The van der Waals surface area contributed by atoms with Crippen LogP contribution in [0.4, 0.5) is 0 Å². The van der Waals surface area contributed by atoms with Gasteiger partial charge < -0.3 is 4.74 Å². The summed E-state index contributed by atoms with van der Waals surface area (Å²) in [4.78, 5) is 10.4. The predicted octanol–water partition coefficient (Wildman–Crippen LogP) is 1.95. The van der Waals surface area contributed by atoms with E-state index in [1.54, 1.807) is 0 Å². The number of Topliss-reactive ketones (excluding diaryl/α,β-unsaturated/α-hetero) is 1. The molecule has 0 N–H and O–H groups in total. The summed E-state index contributed by atoms with van der Waals surface area (Å²) >= 11 is 0. The Morgan fingerprint density at radius 3 is 2.73 bits per heavy atom. The molecule has 0 spiro atoms. The van der Waals surface area contributed by atoms with Crippen molar-refractivity contribution in [3.8, 4) is 0 Å². The highest BCUT2D eigenvalue weighted by atomic mass is 16.5. The molecule has 0 aromatic carbocycles. The number of unbranched alkanes of at least 4 members (excludes halogenated alkanes) is 1. The molecular formula is C9H16O2. The third kappa shape index (κ3) is 9.37. The number of allylic oxidation sites excluding steroid dienone is 1. The summed E-state index contributed by atoms with van der Waals surface area (Å²) in [6, 6.07) is 0. The van der Waals surface area contributed by atoms with Gasteiger partial charge in [0, 0.05) is 0 Å². The zero-order chi connectivity index (χ0) is 8.53. The average molecular weight is 156 g/mol. The lowest BCUT2D eigenvalue weighted by molar-refractivity contribution is -0.121. The predicted molar refractivity (Wildman–Crippen MR) is 45.5 cm³/mol. The van der Waals surface area contributed by atoms with Crippen LogP contribution in [0, 0.1) is 0 Å². The molecule has 0 amide bonds. The van der Waals surface area contributed by atoms with Crippen molar-refractivity contribution in [2.75, 3.05) is 13.2 Å². The van der Waals surface area contributed by atoms with E-state index in [1.165, 1.54) is 6.92 Å². The second-order valence-corrected chi connectivity index (χ2v) is 2.48. The van der Waals surface area contributed by atoms with Crippen LogP contribution in [0.25, 0.3) is 0 Å². The minimum atomic E-state index is 0.0777. The highest BCUT2D eigenvalue weighted by Crippen LogP contribution is 1.88. The van der Waals surface area contributed by atoms with E-state index in [9.17, 15) is 4.79 Å². The summed E-state index contributed by atoms with van der Waals surface area (Å²) in [6.07, 6.45) is 6.26. The molecule has 0 atom stereocenters. The molecule has 0 unspecified atom stereocenters. The van der Waals surface area contributed by atoms with Crippen molar-refractivity contribution in [1.82, 2.24) is 0 Å². The quantitative estimate of drug-likeness (QED) is 0.434. The zero-order valence-electron chi connectivity index (χ0n) is 7.30. The molecule has 2 nitrogen and oxygen atoms in total. The number of hydrogen-bond acceptors (Lipinski definition) is 2. The Kier molecular flexibility index (Phi) is 7.05. The molecule has 0 rings (SSSR count). The maximum absolute atomic E-state index is 10.4. The summed E-state index contributed by atoms with van der Waals surface area (Å²) in [5, 5.41) is 0. The van der Waals surface area contributed by atoms with Crippen molar-refractivity contribution in [3.05, 3.63) is 12.2 Å². The van der Waals surface area contributed by atoms with Gasteiger partial charge in [-0.15, -0.1) is 0 Å². The first-order valence-electron chi connectivity index (χ1n) is 3.99. The molecule has 0 fully saturated rings. The van der Waals surface area contributed by atoms with Crippen molar-refractivity contribution in [2.45, 2.75) is 26.7 Å². The van der Waals surface area contributed by atoms with Gasteiger partial charge in [-0.2, -0.15) is 0 Å². The van der Waals surface area contributed by atoms with Crippen LogP contribution in [0.3, 0.4) is 0 Å². The zero-order valence-corrected chi connectivity index (χ0v) is 7.30. The summed E-state index contributed by atoms with van der Waals surface area (Å²) < 4.78 is 5.01. The number of ketones is 1. The second-order valence-electron chi connectivity index (χ2n) is 2.48. The van der Waals surface area contributed by atoms with Gasteiger partial charge in [0.1, 0.15) is 6.61 Å². The Hall–Kier alpha value is -0.630. The van der Waals surface area contributed by atoms with Gasteiger partial charge in [-0.25, -0.2) is 0 Å². The third-order valence-corrected chi connectivity index (χ3v) is 1.14. The van der Waals surface area contributed by atoms with Crippen LogP contribution in [0.2, 0.25) is 0 Å². The molecule has 0 aromatic rings. The van der Waals surface area contributed by atoms with E-state index in [-0.39, 0.29) is 12.4 Å². The van der Waals surface area contributed by atoms with Crippen molar-refractivity contribution < 1.29 is 9.53 Å². The minimum absolute atomic E-state index is 0.0777. The summed E-state index contributed by atoms with van der Waals surface area (Å²) in [5.74, 6) is 0.0777. The van der Waals surface area contributed by atoms with Crippen LogP contribution < -0.4 is 0 Å². The normalized spacial score (nSPS) is 10.7. The number of carbonyl (C=O) groups excluding carboxylic acids is 1. The Bertz CT molecular complexity index is 128. The van der Waals surface area contributed by atoms with E-state index in [4.69, 9.17) is 4.74 Å². The fourth-order valence-electron chi connectivity index (χ4n) is 0.623. The Labute approximate surface area is 68.2 Å². The van der Waals surface area contributed by atoms with Gasteiger partial charge >= 0.3 is 0 Å². The van der Waals surface area contributed by atoms with Crippen molar-refractivity contribution >= 4 is 5.78 Å². The van der Waals surface area contributed by atoms with E-state index < -0.39 is 0 Å². The molecule has 0 aromatic heterocycles. The molecule has 11 heavy (non-hydrogen) atoms. The number of rotatable bonds is 6. The molecule has 0 aliphatic heterocycles. The number of ether oxygens (including phenoxy) is 1. The topological polar surface area (TPSA) is 26.3 Å². The molecule has 0 bridgehead atoms. The van der Waals surface area contributed by atoms with E-state index in [2.05, 4.69) is 13.0 Å². The first kappa shape index (κ1) is 10.4. The molecule has 0 heterocycles. The Morgan fingerprint density at radius 1 is 1.45 bits per heavy atom. The van der Waals surface area contributed by atoms with Crippen LogP contribution in [-0.4, -0.2) is 19.0 Å². The lowest BCUT2D eigenvalue weighted by Gasteiger charge is -1.94. The molecule has 0 saturated carbocycles. The van der Waals surface area contributed by atoms with Gasteiger partial charge in [-0.3, -0.25) is 4.79 Å². The summed E-state index contributed by atoms with van der Waals surface area (Å²) in [7, 11) is 0. The van der Waals surface area contributed by atoms with Gasteiger partial charge in [-0.1, -0.05) is 25.5 Å². The van der Waals surface area contributed by atoms with Gasteiger partial charge in [0.2, 0.25) is 0 Å². The average Bonchev–Trinajstić information content (AvgIpc) is 1.96. The van der Waals surface area contributed by atoms with Crippen LogP contribution >= 0.6 is 0 Å². The van der Waals surface area contributed by atoms with Gasteiger partial charge in [-0.05, 0) is 13.3 Å². The molecule has 0 aliphatic carbocycles. The smallest absolute Gasteiger partial charge is 0.155 e. The van der Waals surface area contributed by atoms with Crippen LogP contribution in [0.5, 0.6) is 0 Å². The van der Waals surface area contributed by atoms with Crippen LogP contribution in [0.15, 0.2) is 12.2 Å². The Balaban J connectivity index is 3.07. The first-order valence-corrected chi connectivity index (χ1v) is 3.99. The lowest BCUT2D eigenvalue weighted by Crippen LogP contribution is -2.03. The summed E-state index contributed by atoms with van der Waals surface area (Å²) in [6.45, 7) is 4.44. The second kappa shape index (κ2) is 7.48. The maximum Gasteiger partial charge on any atom is 0.155 e. The molecule has 2 heteroatoms. The van der Waals surface area contributed by atoms with Crippen molar-refractivity contribution in [2.24, 2.45) is 0 Å². The van der Waals surface area contributed by atoms with Crippen molar-refractivity contribution in [1.29, 1.82) is 0 Å². The first-order chi connectivity index (χ1) is 5.27. The Morgan fingerprint density at radius 2 is 2.18 bits per heavy atom. The minimum Gasteiger partial charge on any atom is -0.370 e.